The number of hydrogen-bond acceptors (Lipinski definition) is 5. The van der Waals surface area contributed by atoms with Crippen molar-refractivity contribution in [3.63, 3.8) is 0 Å². The van der Waals surface area contributed by atoms with E-state index >= 15 is 0 Å². The first-order chi connectivity index (χ1) is 11.8. The summed E-state index contributed by atoms with van der Waals surface area (Å²) in [5.74, 6) is 1.29. The van der Waals surface area contributed by atoms with Crippen LogP contribution in [0, 0.1) is 0 Å². The fourth-order valence-electron chi connectivity index (χ4n) is 3.27. The number of oxazole rings is 1. The summed E-state index contributed by atoms with van der Waals surface area (Å²) in [6.45, 7) is 1.67. The first-order valence-electron chi connectivity index (χ1n) is 8.44. The minimum atomic E-state index is 0.0698. The molecule has 1 saturated carbocycles. The fraction of sp³-hybridized carbons (Fsp3) is 0.389. The SMILES string of the molecule is O=C(c1ccc2onc(-c3coc(C4CC4)n3)c2c1)N1CCCC1. The molecule has 3 aromatic rings. The third kappa shape index (κ3) is 2.21. The standard InChI is InChI=1S/C18H17N3O3/c22-18(21-7-1-2-8-21)12-5-6-15-13(9-12)16(20-24-15)14-10-23-17(19-14)11-3-4-11/h5-6,9-11H,1-4,7-8H2. The minimum Gasteiger partial charge on any atom is -0.448 e. The highest BCUT2D eigenvalue weighted by atomic mass is 16.5. The van der Waals surface area contributed by atoms with Crippen LogP contribution in [0.3, 0.4) is 0 Å². The largest absolute Gasteiger partial charge is 0.448 e. The molecular weight excluding hydrogens is 306 g/mol. The molecule has 2 aliphatic rings. The number of hydrogen-bond donors (Lipinski definition) is 0. The van der Waals surface area contributed by atoms with Crippen LogP contribution in [0.2, 0.25) is 0 Å². The van der Waals surface area contributed by atoms with Crippen molar-refractivity contribution in [1.82, 2.24) is 15.0 Å². The van der Waals surface area contributed by atoms with Gasteiger partial charge in [-0.05, 0) is 43.9 Å². The fourth-order valence-corrected chi connectivity index (χ4v) is 3.27. The lowest BCUT2D eigenvalue weighted by atomic mass is 10.1. The molecule has 0 unspecified atom stereocenters. The molecule has 6 heteroatoms. The molecule has 3 heterocycles. The molecule has 1 aliphatic heterocycles. The summed E-state index contributed by atoms with van der Waals surface area (Å²) in [4.78, 5) is 19.0. The van der Waals surface area contributed by atoms with Crippen molar-refractivity contribution in [3.05, 3.63) is 35.9 Å². The van der Waals surface area contributed by atoms with Crippen LogP contribution in [0.25, 0.3) is 22.4 Å². The van der Waals surface area contributed by atoms with Crippen LogP contribution in [0.4, 0.5) is 0 Å². The number of amides is 1. The number of rotatable bonds is 3. The third-order valence-corrected chi connectivity index (χ3v) is 4.80. The average molecular weight is 323 g/mol. The van der Waals surface area contributed by atoms with Gasteiger partial charge in [-0.15, -0.1) is 0 Å². The smallest absolute Gasteiger partial charge is 0.253 e. The van der Waals surface area contributed by atoms with Gasteiger partial charge in [-0.3, -0.25) is 4.79 Å². The quantitative estimate of drug-likeness (QED) is 0.736. The summed E-state index contributed by atoms with van der Waals surface area (Å²) < 4.78 is 10.9. The number of likely N-dealkylation sites (tertiary alicyclic amines) is 1. The van der Waals surface area contributed by atoms with Crippen molar-refractivity contribution < 1.29 is 13.7 Å². The van der Waals surface area contributed by atoms with E-state index in [0.717, 1.165) is 50.0 Å². The second-order valence-electron chi connectivity index (χ2n) is 6.59. The molecule has 5 rings (SSSR count). The number of nitrogens with zero attached hydrogens (tertiary/aromatic N) is 3. The Hall–Kier alpha value is -2.63. The maximum absolute atomic E-state index is 12.6. The van der Waals surface area contributed by atoms with Gasteiger partial charge in [-0.1, -0.05) is 5.16 Å². The van der Waals surface area contributed by atoms with E-state index in [-0.39, 0.29) is 5.91 Å². The molecule has 0 bridgehead atoms. The van der Waals surface area contributed by atoms with Gasteiger partial charge in [0.1, 0.15) is 17.7 Å². The summed E-state index contributed by atoms with van der Waals surface area (Å²) in [6.07, 6.45) is 6.05. The van der Waals surface area contributed by atoms with Crippen LogP contribution in [-0.4, -0.2) is 34.0 Å². The van der Waals surface area contributed by atoms with Crippen LogP contribution in [0.15, 0.2) is 33.4 Å². The Morgan fingerprint density at radius 3 is 2.83 bits per heavy atom. The van der Waals surface area contributed by atoms with Gasteiger partial charge in [0, 0.05) is 24.6 Å². The highest BCUT2D eigenvalue weighted by Gasteiger charge is 2.29. The second-order valence-corrected chi connectivity index (χ2v) is 6.59. The Kier molecular flexibility index (Phi) is 2.98. The summed E-state index contributed by atoms with van der Waals surface area (Å²) in [5.41, 5.74) is 2.62. The topological polar surface area (TPSA) is 72.4 Å². The van der Waals surface area contributed by atoms with Crippen LogP contribution in [0.1, 0.15) is 47.8 Å². The van der Waals surface area contributed by atoms with E-state index in [1.165, 1.54) is 0 Å². The Morgan fingerprint density at radius 1 is 1.21 bits per heavy atom. The lowest BCUT2D eigenvalue weighted by Gasteiger charge is -2.14. The van der Waals surface area contributed by atoms with Gasteiger partial charge in [-0.2, -0.15) is 0 Å². The highest BCUT2D eigenvalue weighted by molar-refractivity contribution is 6.00. The van der Waals surface area contributed by atoms with Crippen molar-refractivity contribution in [2.75, 3.05) is 13.1 Å². The number of fused-ring (bicyclic) bond motifs is 1. The van der Waals surface area contributed by atoms with Gasteiger partial charge >= 0.3 is 0 Å². The van der Waals surface area contributed by atoms with Crippen LogP contribution >= 0.6 is 0 Å². The van der Waals surface area contributed by atoms with Gasteiger partial charge < -0.3 is 13.8 Å². The molecule has 1 amide bonds. The molecule has 2 fully saturated rings. The number of carbonyl (C=O) groups is 1. The van der Waals surface area contributed by atoms with E-state index in [1.54, 1.807) is 18.4 Å². The van der Waals surface area contributed by atoms with Crippen molar-refractivity contribution in [3.8, 4) is 11.4 Å². The minimum absolute atomic E-state index is 0.0698. The van der Waals surface area contributed by atoms with Gasteiger partial charge in [0.25, 0.3) is 5.91 Å². The van der Waals surface area contributed by atoms with E-state index in [9.17, 15) is 4.79 Å². The second kappa shape index (κ2) is 5.19. The monoisotopic (exact) mass is 323 g/mol. The van der Waals surface area contributed by atoms with Crippen LogP contribution in [-0.2, 0) is 0 Å². The predicted octanol–water partition coefficient (Wildman–Crippen LogP) is 3.60. The van der Waals surface area contributed by atoms with Crippen molar-refractivity contribution >= 4 is 16.9 Å². The zero-order valence-corrected chi connectivity index (χ0v) is 13.2. The molecule has 1 aromatic carbocycles. The first-order valence-corrected chi connectivity index (χ1v) is 8.44. The average Bonchev–Trinajstić information content (AvgIpc) is 3.06. The maximum atomic E-state index is 12.6. The normalized spacial score (nSPS) is 17.8. The maximum Gasteiger partial charge on any atom is 0.253 e. The van der Waals surface area contributed by atoms with E-state index in [2.05, 4.69) is 10.1 Å². The van der Waals surface area contributed by atoms with Crippen molar-refractivity contribution in [2.45, 2.75) is 31.6 Å². The summed E-state index contributed by atoms with van der Waals surface area (Å²) in [6, 6.07) is 5.46. The molecule has 2 aromatic heterocycles. The Balaban J connectivity index is 1.54. The zero-order valence-electron chi connectivity index (χ0n) is 13.2. The van der Waals surface area contributed by atoms with E-state index in [0.29, 0.717) is 28.5 Å². The number of benzene rings is 1. The van der Waals surface area contributed by atoms with E-state index in [4.69, 9.17) is 8.94 Å². The first kappa shape index (κ1) is 13.8. The van der Waals surface area contributed by atoms with Gasteiger partial charge in [0.2, 0.25) is 0 Å². The van der Waals surface area contributed by atoms with Crippen molar-refractivity contribution in [1.29, 1.82) is 0 Å². The Labute approximate surface area is 138 Å². The number of carbonyl (C=O) groups excluding carboxylic acids is 1. The Morgan fingerprint density at radius 2 is 2.04 bits per heavy atom. The molecule has 6 nitrogen and oxygen atoms in total. The molecular formula is C18H17N3O3. The zero-order chi connectivity index (χ0) is 16.1. The third-order valence-electron chi connectivity index (χ3n) is 4.80. The van der Waals surface area contributed by atoms with E-state index < -0.39 is 0 Å². The Bertz CT molecular complexity index is 917. The molecule has 0 N–H and O–H groups in total. The van der Waals surface area contributed by atoms with Gasteiger partial charge in [-0.25, -0.2) is 4.98 Å². The summed E-state index contributed by atoms with van der Waals surface area (Å²) in [7, 11) is 0. The molecule has 0 radical (unpaired) electrons. The molecule has 24 heavy (non-hydrogen) atoms. The van der Waals surface area contributed by atoms with Crippen molar-refractivity contribution in [2.24, 2.45) is 0 Å². The molecule has 0 spiro atoms. The predicted molar refractivity (Wildman–Crippen MR) is 86.6 cm³/mol. The summed E-state index contributed by atoms with van der Waals surface area (Å²) >= 11 is 0. The van der Waals surface area contributed by atoms with Crippen LogP contribution < -0.4 is 0 Å². The molecule has 122 valence electrons. The highest BCUT2D eigenvalue weighted by Crippen LogP contribution is 2.40. The lowest BCUT2D eigenvalue weighted by Crippen LogP contribution is -2.27. The molecule has 0 atom stereocenters. The lowest BCUT2D eigenvalue weighted by molar-refractivity contribution is 0.0793. The number of aromatic nitrogens is 2. The van der Waals surface area contributed by atoms with Crippen LogP contribution in [0.5, 0.6) is 0 Å². The molecule has 1 aliphatic carbocycles. The van der Waals surface area contributed by atoms with E-state index in [1.807, 2.05) is 11.0 Å². The van der Waals surface area contributed by atoms with Gasteiger partial charge in [0.15, 0.2) is 11.5 Å². The summed E-state index contributed by atoms with van der Waals surface area (Å²) in [5, 5.41) is 4.94. The molecule has 1 saturated heterocycles. The van der Waals surface area contributed by atoms with Gasteiger partial charge in [0.05, 0.1) is 5.39 Å².